The third-order valence-electron chi connectivity index (χ3n) is 5.08. The summed E-state index contributed by atoms with van der Waals surface area (Å²) in [6, 6.07) is 3.28. The van der Waals surface area contributed by atoms with Gasteiger partial charge >= 0.3 is 0 Å². The maximum atomic E-state index is 13.9. The van der Waals surface area contributed by atoms with Crippen LogP contribution < -0.4 is 5.32 Å². The molecular weight excluding hydrogens is 418 g/mol. The first-order chi connectivity index (χ1) is 14.1. The molecule has 1 unspecified atom stereocenters. The van der Waals surface area contributed by atoms with Crippen LogP contribution >= 0.6 is 0 Å². The minimum atomic E-state index is -3.80. The predicted octanol–water partition coefficient (Wildman–Crippen LogP) is 2.35. The van der Waals surface area contributed by atoms with Crippen molar-refractivity contribution in [3.05, 3.63) is 46.9 Å². The Balaban J connectivity index is 1.66. The maximum absolute atomic E-state index is 13.9. The minimum absolute atomic E-state index is 0.0294. The molecule has 0 radical (unpaired) electrons. The van der Waals surface area contributed by atoms with Crippen LogP contribution in [-0.2, 0) is 14.8 Å². The molecule has 8 nitrogen and oxygen atoms in total. The van der Waals surface area contributed by atoms with Gasteiger partial charge in [0.1, 0.15) is 28.3 Å². The molecule has 0 saturated carbocycles. The van der Waals surface area contributed by atoms with Gasteiger partial charge in [0.15, 0.2) is 5.76 Å². The number of aryl methyl sites for hydroxylation is 2. The number of hydrogen-bond donors (Lipinski definition) is 1. The zero-order chi connectivity index (χ0) is 22.1. The van der Waals surface area contributed by atoms with Crippen LogP contribution in [0.3, 0.4) is 0 Å². The topological polar surface area (TPSA) is 116 Å². The Kier molecular flexibility index (Phi) is 6.19. The number of rotatable bonds is 5. The van der Waals surface area contributed by atoms with Crippen LogP contribution in [0, 0.1) is 42.7 Å². The molecule has 1 aromatic heterocycles. The molecule has 1 fully saturated rings. The summed E-state index contributed by atoms with van der Waals surface area (Å²) in [5.41, 5.74) is 0.135. The fraction of sp³-hybridized carbons (Fsp3) is 0.421. The van der Waals surface area contributed by atoms with Gasteiger partial charge in [0.05, 0.1) is 6.07 Å². The Hall–Kier alpha value is -2.84. The van der Waals surface area contributed by atoms with E-state index in [9.17, 15) is 27.3 Å². The fourth-order valence-electron chi connectivity index (χ4n) is 3.51. The van der Waals surface area contributed by atoms with E-state index < -0.39 is 39.5 Å². The average molecular weight is 438 g/mol. The molecule has 3 rings (SSSR count). The Labute approximate surface area is 172 Å². The monoisotopic (exact) mass is 438 g/mol. The number of aromatic nitrogens is 1. The van der Waals surface area contributed by atoms with E-state index in [0.717, 1.165) is 12.1 Å². The van der Waals surface area contributed by atoms with Gasteiger partial charge in [-0.15, -0.1) is 0 Å². The Morgan fingerprint density at radius 2 is 2.00 bits per heavy atom. The smallest absolute Gasteiger partial charge is 0.248 e. The molecule has 11 heteroatoms. The van der Waals surface area contributed by atoms with Crippen molar-refractivity contribution in [2.45, 2.75) is 37.6 Å². The van der Waals surface area contributed by atoms with E-state index >= 15 is 0 Å². The number of nitriles is 1. The first kappa shape index (κ1) is 21.9. The number of sulfonamides is 1. The number of carbonyl (C=O) groups excluding carboxylic acids is 1. The second kappa shape index (κ2) is 8.49. The van der Waals surface area contributed by atoms with Gasteiger partial charge in [-0.1, -0.05) is 11.2 Å². The minimum Gasteiger partial charge on any atom is -0.360 e. The van der Waals surface area contributed by atoms with Crippen molar-refractivity contribution in [3.8, 4) is 6.07 Å². The Morgan fingerprint density at radius 1 is 1.33 bits per heavy atom. The largest absolute Gasteiger partial charge is 0.360 e. The van der Waals surface area contributed by atoms with Crippen LogP contribution in [0.1, 0.15) is 35.9 Å². The second-order valence-electron chi connectivity index (χ2n) is 7.07. The van der Waals surface area contributed by atoms with Crippen molar-refractivity contribution in [2.24, 2.45) is 5.92 Å². The Bertz CT molecular complexity index is 1080. The molecule has 0 bridgehead atoms. The van der Waals surface area contributed by atoms with E-state index in [4.69, 9.17) is 4.52 Å². The molecule has 1 atom stereocenters. The predicted molar refractivity (Wildman–Crippen MR) is 100 cm³/mol. The summed E-state index contributed by atoms with van der Waals surface area (Å²) in [5, 5.41) is 15.4. The van der Waals surface area contributed by atoms with Crippen LogP contribution in [0.2, 0.25) is 0 Å². The molecule has 1 aliphatic heterocycles. The SMILES string of the molecule is Cc1noc(C)c1S(=O)(=O)N1CCC(C(=O)NC(C#N)c2ccc(F)cc2F)CC1. The molecule has 0 aliphatic carbocycles. The molecule has 30 heavy (non-hydrogen) atoms. The second-order valence-corrected chi connectivity index (χ2v) is 8.94. The number of amides is 1. The zero-order valence-electron chi connectivity index (χ0n) is 16.4. The van der Waals surface area contributed by atoms with E-state index in [1.165, 1.54) is 11.2 Å². The van der Waals surface area contributed by atoms with Gasteiger partial charge in [-0.3, -0.25) is 4.79 Å². The number of carbonyl (C=O) groups is 1. The lowest BCUT2D eigenvalue weighted by atomic mass is 9.96. The van der Waals surface area contributed by atoms with Gasteiger partial charge in [0, 0.05) is 30.6 Å². The number of hydrogen-bond acceptors (Lipinski definition) is 6. The molecule has 1 N–H and O–H groups in total. The summed E-state index contributed by atoms with van der Waals surface area (Å²) < 4.78 is 58.9. The molecule has 1 aliphatic rings. The van der Waals surface area contributed by atoms with E-state index in [-0.39, 0.29) is 47.8 Å². The lowest BCUT2D eigenvalue weighted by molar-refractivity contribution is -0.126. The van der Waals surface area contributed by atoms with Gasteiger partial charge in [-0.2, -0.15) is 9.57 Å². The lowest BCUT2D eigenvalue weighted by Crippen LogP contribution is -2.43. The number of benzene rings is 1. The first-order valence-electron chi connectivity index (χ1n) is 9.23. The standard InChI is InChI=1S/C19H20F2N4O4S/c1-11-18(12(2)29-24-11)30(27,28)25-7-5-13(6-8-25)19(26)23-17(10-22)15-4-3-14(20)9-16(15)21/h3-4,9,13,17H,5-8H2,1-2H3,(H,23,26). The highest BCUT2D eigenvalue weighted by Gasteiger charge is 2.36. The molecule has 1 aromatic carbocycles. The van der Waals surface area contributed by atoms with Gasteiger partial charge in [0.25, 0.3) is 0 Å². The van der Waals surface area contributed by atoms with Crippen molar-refractivity contribution in [1.82, 2.24) is 14.8 Å². The highest BCUT2D eigenvalue weighted by atomic mass is 32.2. The fourth-order valence-corrected chi connectivity index (χ4v) is 5.27. The molecule has 1 saturated heterocycles. The van der Waals surface area contributed by atoms with Gasteiger partial charge in [0.2, 0.25) is 15.9 Å². The summed E-state index contributed by atoms with van der Waals surface area (Å²) in [4.78, 5) is 12.6. The highest BCUT2D eigenvalue weighted by Crippen LogP contribution is 2.28. The van der Waals surface area contributed by atoms with Gasteiger partial charge in [-0.25, -0.2) is 17.2 Å². The number of nitrogens with one attached hydrogen (secondary N) is 1. The number of nitrogens with zero attached hydrogens (tertiary/aromatic N) is 3. The van der Waals surface area contributed by atoms with Crippen LogP contribution in [0.25, 0.3) is 0 Å². The summed E-state index contributed by atoms with van der Waals surface area (Å²) in [6.07, 6.45) is 0.469. The summed E-state index contributed by atoms with van der Waals surface area (Å²) in [6.45, 7) is 3.27. The van der Waals surface area contributed by atoms with Crippen LogP contribution in [-0.4, -0.2) is 36.9 Å². The maximum Gasteiger partial charge on any atom is 0.248 e. The van der Waals surface area contributed by atoms with Crippen molar-refractivity contribution >= 4 is 15.9 Å². The quantitative estimate of drug-likeness (QED) is 0.766. The summed E-state index contributed by atoms with van der Waals surface area (Å²) >= 11 is 0. The van der Waals surface area contributed by atoms with Crippen LogP contribution in [0.4, 0.5) is 8.78 Å². The number of halogens is 2. The van der Waals surface area contributed by atoms with E-state index in [2.05, 4.69) is 10.5 Å². The Morgan fingerprint density at radius 3 is 2.53 bits per heavy atom. The summed E-state index contributed by atoms with van der Waals surface area (Å²) in [7, 11) is -3.80. The van der Waals surface area contributed by atoms with Crippen molar-refractivity contribution < 1.29 is 26.5 Å². The van der Waals surface area contributed by atoms with E-state index in [1.54, 1.807) is 13.0 Å². The van der Waals surface area contributed by atoms with Crippen LogP contribution in [0.5, 0.6) is 0 Å². The van der Waals surface area contributed by atoms with Crippen LogP contribution in [0.15, 0.2) is 27.6 Å². The van der Waals surface area contributed by atoms with E-state index in [1.807, 2.05) is 0 Å². The van der Waals surface area contributed by atoms with Crippen molar-refractivity contribution in [1.29, 1.82) is 5.26 Å². The molecule has 2 aromatic rings. The molecule has 2 heterocycles. The molecule has 160 valence electrons. The zero-order valence-corrected chi connectivity index (χ0v) is 17.2. The van der Waals surface area contributed by atoms with E-state index in [0.29, 0.717) is 6.07 Å². The van der Waals surface area contributed by atoms with Crippen molar-refractivity contribution in [3.63, 3.8) is 0 Å². The molecule has 1 amide bonds. The first-order valence-corrected chi connectivity index (χ1v) is 10.7. The normalized spacial score (nSPS) is 16.8. The lowest BCUT2D eigenvalue weighted by Gasteiger charge is -2.30. The highest BCUT2D eigenvalue weighted by molar-refractivity contribution is 7.89. The third kappa shape index (κ3) is 4.20. The van der Waals surface area contributed by atoms with Gasteiger partial charge < -0.3 is 9.84 Å². The van der Waals surface area contributed by atoms with Crippen molar-refractivity contribution in [2.75, 3.05) is 13.1 Å². The number of piperidine rings is 1. The average Bonchev–Trinajstić information content (AvgIpc) is 3.05. The molecule has 0 spiro atoms. The molecular formula is C19H20F2N4O4S. The van der Waals surface area contributed by atoms with Gasteiger partial charge in [-0.05, 0) is 32.8 Å². The summed E-state index contributed by atoms with van der Waals surface area (Å²) in [5.74, 6) is -2.54. The third-order valence-corrected chi connectivity index (χ3v) is 7.22.